The first-order valence-electron chi connectivity index (χ1n) is 4.24. The van der Waals surface area contributed by atoms with Crippen LogP contribution in [-0.4, -0.2) is 17.7 Å². The molecule has 4 heteroatoms. The van der Waals surface area contributed by atoms with Crippen molar-refractivity contribution in [3.05, 3.63) is 0 Å². The molecule has 0 unspecified atom stereocenters. The molecule has 1 aliphatic rings. The van der Waals surface area contributed by atoms with Crippen molar-refractivity contribution in [1.29, 1.82) is 0 Å². The van der Waals surface area contributed by atoms with Gasteiger partial charge in [-0.3, -0.25) is 0 Å². The Morgan fingerprint density at radius 1 is 1.33 bits per heavy atom. The summed E-state index contributed by atoms with van der Waals surface area (Å²) in [6, 6.07) is 0. The maximum absolute atomic E-state index is 10.8. The van der Waals surface area contributed by atoms with Gasteiger partial charge < -0.3 is 4.74 Å². The molecule has 0 N–H and O–H groups in total. The van der Waals surface area contributed by atoms with Gasteiger partial charge in [0.2, 0.25) is 0 Å². The highest BCUT2D eigenvalue weighted by atomic mass is 33.1. The topological polar surface area (TPSA) is 26.3 Å². The molecule has 12 heavy (non-hydrogen) atoms. The Hall–Kier alpha value is 0.170. The lowest BCUT2D eigenvalue weighted by Gasteiger charge is -2.19. The molecule has 1 rings (SSSR count). The summed E-state index contributed by atoms with van der Waals surface area (Å²) >= 11 is 0. The van der Waals surface area contributed by atoms with Gasteiger partial charge >= 0.3 is 5.30 Å². The Morgan fingerprint density at radius 3 is 2.58 bits per heavy atom. The van der Waals surface area contributed by atoms with Crippen LogP contribution in [0.25, 0.3) is 0 Å². The minimum atomic E-state index is -0.175. The van der Waals surface area contributed by atoms with Crippen LogP contribution in [0.2, 0.25) is 0 Å². The maximum Gasteiger partial charge on any atom is 0.377 e. The first kappa shape index (κ1) is 10.3. The first-order chi connectivity index (χ1) is 5.83. The number of methoxy groups -OCH3 is 1. The predicted octanol–water partition coefficient (Wildman–Crippen LogP) is 3.47. The monoisotopic (exact) mass is 206 g/mol. The maximum atomic E-state index is 10.8. The van der Waals surface area contributed by atoms with Gasteiger partial charge in [0.25, 0.3) is 0 Å². The predicted molar refractivity (Wildman–Crippen MR) is 54.5 cm³/mol. The molecule has 2 nitrogen and oxygen atoms in total. The summed E-state index contributed by atoms with van der Waals surface area (Å²) in [6.07, 6.45) is 6.52. The molecular formula is C8H14O2S2. The summed E-state index contributed by atoms with van der Waals surface area (Å²) < 4.78 is 4.54. The Morgan fingerprint density at radius 2 is 2.00 bits per heavy atom. The molecule has 1 aliphatic carbocycles. The van der Waals surface area contributed by atoms with Gasteiger partial charge in [-0.05, 0) is 12.8 Å². The van der Waals surface area contributed by atoms with Gasteiger partial charge in [0, 0.05) is 16.0 Å². The van der Waals surface area contributed by atoms with Crippen molar-refractivity contribution in [3.8, 4) is 0 Å². The van der Waals surface area contributed by atoms with E-state index >= 15 is 0 Å². The number of ether oxygens (including phenoxy) is 1. The fourth-order valence-electron chi connectivity index (χ4n) is 1.30. The van der Waals surface area contributed by atoms with Gasteiger partial charge in [0.1, 0.15) is 0 Å². The van der Waals surface area contributed by atoms with Crippen LogP contribution >= 0.6 is 21.6 Å². The van der Waals surface area contributed by atoms with Crippen LogP contribution in [-0.2, 0) is 4.74 Å². The molecule has 0 aliphatic heterocycles. The lowest BCUT2D eigenvalue weighted by atomic mass is 10.0. The third-order valence-corrected chi connectivity index (χ3v) is 4.63. The number of carbonyl (C=O) groups excluding carboxylic acids is 1. The Bertz CT molecular complexity index is 144. The lowest BCUT2D eigenvalue weighted by Crippen LogP contribution is -2.07. The van der Waals surface area contributed by atoms with Crippen molar-refractivity contribution in [1.82, 2.24) is 0 Å². The summed E-state index contributed by atoms with van der Waals surface area (Å²) in [5.74, 6) is 0. The SMILES string of the molecule is COC(=O)SSC1CCCCC1. The van der Waals surface area contributed by atoms with Crippen LogP contribution in [0.1, 0.15) is 32.1 Å². The lowest BCUT2D eigenvalue weighted by molar-refractivity contribution is 0.200. The smallest absolute Gasteiger partial charge is 0.377 e. The highest BCUT2D eigenvalue weighted by molar-refractivity contribution is 8.82. The molecule has 1 saturated carbocycles. The molecule has 0 aromatic rings. The Kier molecular flexibility index (Phi) is 4.92. The zero-order chi connectivity index (χ0) is 8.81. The summed E-state index contributed by atoms with van der Waals surface area (Å²) in [5, 5.41) is 0.494. The molecule has 0 atom stereocenters. The molecule has 0 spiro atoms. The van der Waals surface area contributed by atoms with Crippen molar-refractivity contribution in [2.45, 2.75) is 37.4 Å². The Balaban J connectivity index is 2.09. The van der Waals surface area contributed by atoms with Gasteiger partial charge in [-0.1, -0.05) is 30.1 Å². The molecule has 0 saturated heterocycles. The third-order valence-electron chi connectivity index (χ3n) is 1.97. The Labute approximate surface area is 81.2 Å². The fourth-order valence-corrected chi connectivity index (χ4v) is 3.54. The normalized spacial score (nSPS) is 19.1. The van der Waals surface area contributed by atoms with E-state index in [0.717, 1.165) is 0 Å². The van der Waals surface area contributed by atoms with Crippen LogP contribution in [0.15, 0.2) is 0 Å². The van der Waals surface area contributed by atoms with Crippen LogP contribution in [0.4, 0.5) is 4.79 Å². The van der Waals surface area contributed by atoms with E-state index in [4.69, 9.17) is 0 Å². The first-order valence-corrected chi connectivity index (χ1v) is 6.45. The van der Waals surface area contributed by atoms with Crippen molar-refractivity contribution >= 4 is 26.9 Å². The number of hydrogen-bond donors (Lipinski definition) is 0. The van der Waals surface area contributed by atoms with Crippen molar-refractivity contribution in [2.24, 2.45) is 0 Å². The van der Waals surface area contributed by atoms with E-state index in [1.54, 1.807) is 10.8 Å². The second-order valence-corrected chi connectivity index (χ2v) is 5.33. The summed E-state index contributed by atoms with van der Waals surface area (Å²) in [7, 11) is 4.34. The molecule has 0 radical (unpaired) electrons. The van der Waals surface area contributed by atoms with Crippen LogP contribution in [0, 0.1) is 0 Å². The molecule has 0 aromatic heterocycles. The molecule has 0 aromatic carbocycles. The van der Waals surface area contributed by atoms with Gasteiger partial charge in [0.15, 0.2) is 0 Å². The molecule has 0 bridgehead atoms. The van der Waals surface area contributed by atoms with E-state index in [1.807, 2.05) is 0 Å². The standard InChI is InChI=1S/C8H14O2S2/c1-10-8(9)12-11-7-5-3-2-4-6-7/h7H,2-6H2,1H3. The molecule has 70 valence electrons. The average molecular weight is 206 g/mol. The van der Waals surface area contributed by atoms with Crippen LogP contribution in [0.5, 0.6) is 0 Å². The highest BCUT2D eigenvalue weighted by Gasteiger charge is 2.15. The van der Waals surface area contributed by atoms with E-state index in [1.165, 1.54) is 50.0 Å². The molecule has 0 heterocycles. The fraction of sp³-hybridized carbons (Fsp3) is 0.875. The van der Waals surface area contributed by atoms with Gasteiger partial charge in [-0.15, -0.1) is 0 Å². The number of hydrogen-bond acceptors (Lipinski definition) is 4. The molecule has 0 amide bonds. The second-order valence-electron chi connectivity index (χ2n) is 2.89. The summed E-state index contributed by atoms with van der Waals surface area (Å²) in [4.78, 5) is 10.8. The molecular weight excluding hydrogens is 192 g/mol. The van der Waals surface area contributed by atoms with Crippen molar-refractivity contribution in [3.63, 3.8) is 0 Å². The largest absolute Gasteiger partial charge is 0.460 e. The van der Waals surface area contributed by atoms with Gasteiger partial charge in [-0.2, -0.15) is 0 Å². The van der Waals surface area contributed by atoms with Crippen molar-refractivity contribution < 1.29 is 9.53 Å². The van der Waals surface area contributed by atoms with Gasteiger partial charge in [0.05, 0.1) is 7.11 Å². The van der Waals surface area contributed by atoms with E-state index in [2.05, 4.69) is 4.74 Å². The van der Waals surface area contributed by atoms with E-state index in [9.17, 15) is 4.79 Å². The number of rotatable bonds is 2. The minimum absolute atomic E-state index is 0.175. The van der Waals surface area contributed by atoms with Crippen molar-refractivity contribution in [2.75, 3.05) is 7.11 Å². The molecule has 1 fully saturated rings. The van der Waals surface area contributed by atoms with E-state index in [0.29, 0.717) is 5.25 Å². The summed E-state index contributed by atoms with van der Waals surface area (Å²) in [5.41, 5.74) is 0. The van der Waals surface area contributed by atoms with Crippen LogP contribution in [0.3, 0.4) is 0 Å². The van der Waals surface area contributed by atoms with E-state index in [-0.39, 0.29) is 5.30 Å². The quantitative estimate of drug-likeness (QED) is 0.510. The van der Waals surface area contributed by atoms with Gasteiger partial charge in [-0.25, -0.2) is 4.79 Å². The van der Waals surface area contributed by atoms with E-state index < -0.39 is 0 Å². The minimum Gasteiger partial charge on any atom is -0.460 e. The second kappa shape index (κ2) is 5.75. The third kappa shape index (κ3) is 3.72. The zero-order valence-electron chi connectivity index (χ0n) is 7.25. The highest BCUT2D eigenvalue weighted by Crippen LogP contribution is 2.36. The number of carbonyl (C=O) groups is 1. The zero-order valence-corrected chi connectivity index (χ0v) is 8.88. The van der Waals surface area contributed by atoms with Crippen LogP contribution < -0.4 is 0 Å². The summed E-state index contributed by atoms with van der Waals surface area (Å²) in [6.45, 7) is 0. The average Bonchev–Trinajstić information content (AvgIpc) is 2.16.